The van der Waals surface area contributed by atoms with Crippen molar-refractivity contribution >= 4 is 5.97 Å². The van der Waals surface area contributed by atoms with E-state index >= 15 is 0 Å². The lowest BCUT2D eigenvalue weighted by atomic mass is 9.95. The number of rotatable bonds is 3. The fraction of sp³-hybridized carbons (Fsp3) is 0.364. The summed E-state index contributed by atoms with van der Waals surface area (Å²) in [5.74, 6) is -3.20. The van der Waals surface area contributed by atoms with E-state index in [1.807, 2.05) is 0 Å². The second-order valence-electron chi connectivity index (χ2n) is 3.91. The van der Waals surface area contributed by atoms with E-state index in [-0.39, 0.29) is 5.56 Å². The summed E-state index contributed by atoms with van der Waals surface area (Å²) < 4.78 is 26.8. The Bertz CT molecular complexity index is 427. The predicted octanol–water partition coefficient (Wildman–Crippen LogP) is 1.65. The molecule has 5 heteroatoms. The molecule has 0 aromatic heterocycles. The molecule has 3 nitrogen and oxygen atoms in total. The zero-order valence-corrected chi connectivity index (χ0v) is 8.92. The van der Waals surface area contributed by atoms with Crippen LogP contribution in [0.3, 0.4) is 0 Å². The van der Waals surface area contributed by atoms with Crippen LogP contribution in [0, 0.1) is 18.6 Å². The Balaban J connectivity index is 3.15. The molecule has 1 rings (SSSR count). The van der Waals surface area contributed by atoms with Gasteiger partial charge in [-0.25, -0.2) is 13.6 Å². The number of aliphatic hydroxyl groups is 1. The molecule has 0 spiro atoms. The van der Waals surface area contributed by atoms with E-state index in [9.17, 15) is 18.7 Å². The van der Waals surface area contributed by atoms with Crippen LogP contribution < -0.4 is 0 Å². The zero-order valence-electron chi connectivity index (χ0n) is 8.92. The van der Waals surface area contributed by atoms with Gasteiger partial charge in [-0.2, -0.15) is 0 Å². The van der Waals surface area contributed by atoms with Crippen LogP contribution in [0.2, 0.25) is 0 Å². The lowest BCUT2D eigenvalue weighted by molar-refractivity contribution is -0.156. The molecule has 0 heterocycles. The lowest BCUT2D eigenvalue weighted by Crippen LogP contribution is -2.37. The van der Waals surface area contributed by atoms with E-state index in [0.29, 0.717) is 0 Å². The van der Waals surface area contributed by atoms with Crippen molar-refractivity contribution in [3.63, 3.8) is 0 Å². The fourth-order valence-corrected chi connectivity index (χ4v) is 1.30. The van der Waals surface area contributed by atoms with Gasteiger partial charge in [0.25, 0.3) is 0 Å². The van der Waals surface area contributed by atoms with Crippen LogP contribution in [0.25, 0.3) is 0 Å². The van der Waals surface area contributed by atoms with Crippen molar-refractivity contribution in [1.29, 1.82) is 0 Å². The molecule has 0 aliphatic rings. The van der Waals surface area contributed by atoms with Gasteiger partial charge in [-0.3, -0.25) is 0 Å². The minimum Gasteiger partial charge on any atom is -0.479 e. The van der Waals surface area contributed by atoms with E-state index in [0.717, 1.165) is 13.0 Å². The number of carbonyl (C=O) groups is 1. The van der Waals surface area contributed by atoms with E-state index in [2.05, 4.69) is 0 Å². The van der Waals surface area contributed by atoms with Crippen molar-refractivity contribution in [2.45, 2.75) is 25.9 Å². The average Bonchev–Trinajstić information content (AvgIpc) is 2.18. The normalized spacial score (nSPS) is 14.6. The maximum atomic E-state index is 13.5. The summed E-state index contributed by atoms with van der Waals surface area (Å²) in [4.78, 5) is 10.6. The van der Waals surface area contributed by atoms with E-state index < -0.39 is 35.2 Å². The zero-order chi connectivity index (χ0) is 12.5. The molecule has 0 saturated carbocycles. The summed E-state index contributed by atoms with van der Waals surface area (Å²) in [6.07, 6.45) is -0.609. The highest BCUT2D eigenvalue weighted by molar-refractivity contribution is 5.77. The number of halogens is 2. The molecular weight excluding hydrogens is 218 g/mol. The highest BCUT2D eigenvalue weighted by Gasteiger charge is 2.32. The highest BCUT2D eigenvalue weighted by atomic mass is 19.1. The largest absolute Gasteiger partial charge is 0.479 e. The number of carboxylic acids is 1. The molecule has 2 N–H and O–H groups in total. The van der Waals surface area contributed by atoms with Gasteiger partial charge in [0.1, 0.15) is 11.6 Å². The van der Waals surface area contributed by atoms with Gasteiger partial charge in [-0.15, -0.1) is 0 Å². The Morgan fingerprint density at radius 2 is 2.00 bits per heavy atom. The molecule has 88 valence electrons. The third-order valence-corrected chi connectivity index (χ3v) is 2.36. The number of carboxylic acid groups (broad SMARTS) is 1. The molecule has 1 aromatic carbocycles. The molecule has 0 fully saturated rings. The van der Waals surface area contributed by atoms with E-state index in [4.69, 9.17) is 5.11 Å². The maximum Gasteiger partial charge on any atom is 0.335 e. The Kier molecular flexibility index (Phi) is 3.28. The molecule has 0 bridgehead atoms. The summed E-state index contributed by atoms with van der Waals surface area (Å²) >= 11 is 0. The molecule has 1 atom stereocenters. The van der Waals surface area contributed by atoms with Gasteiger partial charge in [0, 0.05) is 12.0 Å². The van der Waals surface area contributed by atoms with Crippen LogP contribution in [0.4, 0.5) is 8.78 Å². The number of hydrogen-bond acceptors (Lipinski definition) is 2. The molecule has 1 aromatic rings. The Labute approximate surface area is 91.3 Å². The highest BCUT2D eigenvalue weighted by Crippen LogP contribution is 2.21. The molecule has 0 amide bonds. The molecule has 0 saturated heterocycles. The first-order valence-electron chi connectivity index (χ1n) is 4.65. The first-order chi connectivity index (χ1) is 7.25. The van der Waals surface area contributed by atoms with E-state index in [1.165, 1.54) is 13.0 Å². The van der Waals surface area contributed by atoms with Crippen molar-refractivity contribution in [2.24, 2.45) is 0 Å². The van der Waals surface area contributed by atoms with Crippen LogP contribution in [-0.2, 0) is 11.2 Å². The van der Waals surface area contributed by atoms with Crippen molar-refractivity contribution in [3.8, 4) is 0 Å². The van der Waals surface area contributed by atoms with Crippen LogP contribution >= 0.6 is 0 Å². The lowest BCUT2D eigenvalue weighted by Gasteiger charge is -2.19. The molecule has 0 aliphatic carbocycles. The fourth-order valence-electron chi connectivity index (χ4n) is 1.30. The minimum absolute atomic E-state index is 0.206. The number of aryl methyl sites for hydroxylation is 1. The summed E-state index contributed by atoms with van der Waals surface area (Å²) in [6, 6.07) is 2.30. The first kappa shape index (κ1) is 12.6. The van der Waals surface area contributed by atoms with Gasteiger partial charge in [-0.05, 0) is 25.5 Å². The second kappa shape index (κ2) is 4.17. The van der Waals surface area contributed by atoms with Gasteiger partial charge in [0.15, 0.2) is 5.60 Å². The smallest absolute Gasteiger partial charge is 0.335 e. The van der Waals surface area contributed by atoms with Gasteiger partial charge in [0.05, 0.1) is 0 Å². The topological polar surface area (TPSA) is 57.5 Å². The quantitative estimate of drug-likeness (QED) is 0.830. The second-order valence-corrected chi connectivity index (χ2v) is 3.91. The summed E-state index contributed by atoms with van der Waals surface area (Å²) in [7, 11) is 0. The van der Waals surface area contributed by atoms with Gasteiger partial charge in [-0.1, -0.05) is 6.07 Å². The summed E-state index contributed by atoms with van der Waals surface area (Å²) in [5.41, 5.74) is -2.39. The monoisotopic (exact) mass is 230 g/mol. The summed E-state index contributed by atoms with van der Waals surface area (Å²) in [5, 5.41) is 18.1. The standard InChI is InChI=1S/C11H12F2O3/c1-6-3-4-8(12)7(9(6)13)5-11(2,16)10(14)15/h3-4,16H,5H2,1-2H3,(H,14,15). The van der Waals surface area contributed by atoms with Crippen LogP contribution in [0.1, 0.15) is 18.1 Å². The van der Waals surface area contributed by atoms with Crippen molar-refractivity contribution < 1.29 is 23.8 Å². The van der Waals surface area contributed by atoms with Crippen molar-refractivity contribution in [3.05, 3.63) is 34.9 Å². The number of benzene rings is 1. The third kappa shape index (κ3) is 2.36. The average molecular weight is 230 g/mol. The maximum absolute atomic E-state index is 13.5. The molecule has 0 aliphatic heterocycles. The Morgan fingerprint density at radius 1 is 1.44 bits per heavy atom. The Hall–Kier alpha value is -1.49. The number of hydrogen-bond donors (Lipinski definition) is 2. The molecule has 1 unspecified atom stereocenters. The summed E-state index contributed by atoms with van der Waals surface area (Å²) in [6.45, 7) is 2.43. The van der Waals surface area contributed by atoms with Crippen LogP contribution in [-0.4, -0.2) is 21.8 Å². The van der Waals surface area contributed by atoms with Crippen molar-refractivity contribution in [1.82, 2.24) is 0 Å². The van der Waals surface area contributed by atoms with Crippen LogP contribution in [0.15, 0.2) is 12.1 Å². The van der Waals surface area contributed by atoms with Crippen LogP contribution in [0.5, 0.6) is 0 Å². The first-order valence-corrected chi connectivity index (χ1v) is 4.65. The third-order valence-electron chi connectivity index (χ3n) is 2.36. The van der Waals surface area contributed by atoms with Gasteiger partial charge in [0.2, 0.25) is 0 Å². The Morgan fingerprint density at radius 3 is 2.50 bits per heavy atom. The molecular formula is C11H12F2O3. The number of aliphatic carboxylic acids is 1. The molecule has 0 radical (unpaired) electrons. The van der Waals surface area contributed by atoms with E-state index in [1.54, 1.807) is 0 Å². The van der Waals surface area contributed by atoms with Gasteiger partial charge >= 0.3 is 5.97 Å². The predicted molar refractivity (Wildman–Crippen MR) is 53.1 cm³/mol. The van der Waals surface area contributed by atoms with Gasteiger partial charge < -0.3 is 10.2 Å². The minimum atomic E-state index is -2.19. The SMILES string of the molecule is Cc1ccc(F)c(CC(C)(O)C(=O)O)c1F. The molecule has 16 heavy (non-hydrogen) atoms. The van der Waals surface area contributed by atoms with Crippen molar-refractivity contribution in [2.75, 3.05) is 0 Å².